The van der Waals surface area contributed by atoms with Crippen LogP contribution in [-0.4, -0.2) is 18.4 Å². The van der Waals surface area contributed by atoms with Crippen molar-refractivity contribution in [1.29, 1.82) is 0 Å². The predicted octanol–water partition coefficient (Wildman–Crippen LogP) is 10.3. The summed E-state index contributed by atoms with van der Waals surface area (Å²) in [5, 5.41) is 3.74. The van der Waals surface area contributed by atoms with Crippen LogP contribution in [0.3, 0.4) is 0 Å². The van der Waals surface area contributed by atoms with Crippen molar-refractivity contribution in [3.63, 3.8) is 0 Å². The van der Waals surface area contributed by atoms with E-state index >= 15 is 0 Å². The van der Waals surface area contributed by atoms with Gasteiger partial charge in [-0.3, -0.25) is 4.79 Å². The Morgan fingerprint density at radius 3 is 2.37 bits per heavy atom. The van der Waals surface area contributed by atoms with Gasteiger partial charge in [0.05, 0.1) is 6.04 Å². The molecule has 0 bridgehead atoms. The summed E-state index contributed by atoms with van der Waals surface area (Å²) >= 11 is 0. The summed E-state index contributed by atoms with van der Waals surface area (Å²) in [7, 11) is 0. The molecule has 1 spiro atoms. The molecule has 3 fully saturated rings. The first-order valence-electron chi connectivity index (χ1n) is 16.8. The second-order valence-corrected chi connectivity index (χ2v) is 14.6. The van der Waals surface area contributed by atoms with Gasteiger partial charge in [-0.25, -0.2) is 0 Å². The van der Waals surface area contributed by atoms with Crippen molar-refractivity contribution in [1.82, 2.24) is 5.32 Å². The Hall–Kier alpha value is -1.93. The number of ketones is 1. The van der Waals surface area contributed by atoms with Crippen LogP contribution in [0.4, 0.5) is 0 Å². The maximum Gasteiger partial charge on any atom is 0.155 e. The molecule has 0 radical (unpaired) electrons. The lowest BCUT2D eigenvalue weighted by molar-refractivity contribution is -0.138. The zero-order valence-electron chi connectivity index (χ0n) is 27.1. The van der Waals surface area contributed by atoms with Gasteiger partial charge in [0.25, 0.3) is 0 Å². The van der Waals surface area contributed by atoms with Crippen molar-refractivity contribution in [2.45, 2.75) is 124 Å². The lowest BCUT2D eigenvalue weighted by Gasteiger charge is -2.49. The van der Waals surface area contributed by atoms with Crippen molar-refractivity contribution in [3.8, 4) is 0 Å². The molecule has 0 amide bonds. The van der Waals surface area contributed by atoms with Crippen molar-refractivity contribution in [3.05, 3.63) is 72.4 Å². The normalized spacial score (nSPS) is 31.6. The number of hydrogen-bond acceptors (Lipinski definition) is 2. The largest absolute Gasteiger partial charge is 0.303 e. The van der Waals surface area contributed by atoms with E-state index in [1.165, 1.54) is 60.8 Å². The Balaban J connectivity index is 1.42. The van der Waals surface area contributed by atoms with E-state index < -0.39 is 0 Å². The topological polar surface area (TPSA) is 29.1 Å². The predicted molar refractivity (Wildman–Crippen MR) is 177 cm³/mol. The van der Waals surface area contributed by atoms with Crippen LogP contribution >= 0.6 is 0 Å². The van der Waals surface area contributed by atoms with E-state index in [-0.39, 0.29) is 16.9 Å². The standard InChI is InChI=1S/C39H59NO/c1-9-20-39(28(3)4,29(5)6)31(8)26-33-17-16-32(14-11-13-30(33)7)27-40-35-15-12-21-38(36(35)41)24-22-37(10-2,23-25-38)34-18-19-34/h9,11,14,16-17,30-31,34-35,40H,1,3,5,10,12-13,15,18-27H2,2,4,6-8H3. The van der Waals surface area contributed by atoms with Crippen LogP contribution in [0.25, 0.3) is 0 Å². The summed E-state index contributed by atoms with van der Waals surface area (Å²) in [6.07, 6.45) is 26.5. The molecule has 41 heavy (non-hydrogen) atoms. The Labute approximate surface area is 252 Å². The van der Waals surface area contributed by atoms with E-state index in [0.29, 0.717) is 23.0 Å². The summed E-state index contributed by atoms with van der Waals surface area (Å²) in [5.74, 6) is 2.35. The molecule has 226 valence electrons. The molecular weight excluding hydrogens is 498 g/mol. The molecule has 4 rings (SSSR count). The number of Topliss-reactive ketones (excluding diaryl/α,β-unsaturated/α-hetero) is 1. The van der Waals surface area contributed by atoms with Crippen LogP contribution < -0.4 is 5.32 Å². The summed E-state index contributed by atoms with van der Waals surface area (Å²) in [6.45, 7) is 25.0. The molecule has 4 aliphatic rings. The molecule has 0 aromatic rings. The molecule has 1 N–H and O–H groups in total. The summed E-state index contributed by atoms with van der Waals surface area (Å²) in [4.78, 5) is 13.9. The quantitative estimate of drug-likeness (QED) is 0.242. The van der Waals surface area contributed by atoms with E-state index in [9.17, 15) is 4.79 Å². The highest BCUT2D eigenvalue weighted by molar-refractivity contribution is 5.90. The average molecular weight is 558 g/mol. The molecular formula is C39H59NO. The lowest BCUT2D eigenvalue weighted by Crippen LogP contribution is -2.52. The van der Waals surface area contributed by atoms with Gasteiger partial charge in [-0.2, -0.15) is 0 Å². The van der Waals surface area contributed by atoms with E-state index in [2.05, 4.69) is 84.0 Å². The molecule has 0 aliphatic heterocycles. The maximum absolute atomic E-state index is 13.9. The fourth-order valence-corrected chi connectivity index (χ4v) is 9.08. The van der Waals surface area contributed by atoms with Gasteiger partial charge in [-0.15, -0.1) is 6.58 Å². The van der Waals surface area contributed by atoms with Crippen LogP contribution in [-0.2, 0) is 4.79 Å². The van der Waals surface area contributed by atoms with Gasteiger partial charge in [-0.1, -0.05) is 93.9 Å². The molecule has 3 atom stereocenters. The minimum Gasteiger partial charge on any atom is -0.303 e. The molecule has 0 aromatic carbocycles. The Morgan fingerprint density at radius 1 is 1.10 bits per heavy atom. The van der Waals surface area contributed by atoms with Gasteiger partial charge in [0.2, 0.25) is 0 Å². The van der Waals surface area contributed by atoms with E-state index in [4.69, 9.17) is 0 Å². The van der Waals surface area contributed by atoms with Crippen LogP contribution in [0.15, 0.2) is 72.4 Å². The number of hydrogen-bond donors (Lipinski definition) is 1. The minimum atomic E-state index is -0.125. The second kappa shape index (κ2) is 13.2. The monoisotopic (exact) mass is 557 g/mol. The zero-order chi connectivity index (χ0) is 29.8. The average Bonchev–Trinajstić information content (AvgIpc) is 3.79. The fraction of sp³-hybridized carbons (Fsp3) is 0.667. The number of carbonyl (C=O) groups excluding carboxylic acids is 1. The summed E-state index contributed by atoms with van der Waals surface area (Å²) < 4.78 is 0. The third-order valence-electron chi connectivity index (χ3n) is 12.2. The molecule has 2 nitrogen and oxygen atoms in total. The molecule has 3 unspecified atom stereocenters. The molecule has 3 saturated carbocycles. The van der Waals surface area contributed by atoms with Crippen molar-refractivity contribution < 1.29 is 4.79 Å². The number of rotatable bonds is 12. The molecule has 0 heterocycles. The number of allylic oxidation sites excluding steroid dienone is 7. The van der Waals surface area contributed by atoms with Crippen LogP contribution in [0.1, 0.15) is 118 Å². The SMILES string of the molecule is C=CCC(C(=C)C)(C(=C)C)C(C)CC1=CC=C(CNC2CCCC3(CCC(CC)(C4CC4)CC3)C2=O)C=CCC1C. The van der Waals surface area contributed by atoms with Crippen LogP contribution in [0, 0.1) is 34.0 Å². The Kier molecular flexibility index (Phi) is 10.3. The molecule has 0 saturated heterocycles. The van der Waals surface area contributed by atoms with Gasteiger partial charge in [0.15, 0.2) is 5.78 Å². The Bertz CT molecular complexity index is 1070. The molecule has 4 aliphatic carbocycles. The maximum atomic E-state index is 13.9. The summed E-state index contributed by atoms with van der Waals surface area (Å²) in [5.41, 5.74) is 5.47. The van der Waals surface area contributed by atoms with E-state index in [0.717, 1.165) is 57.4 Å². The third-order valence-corrected chi connectivity index (χ3v) is 12.2. The highest BCUT2D eigenvalue weighted by atomic mass is 16.1. The number of carbonyl (C=O) groups is 1. The first-order valence-corrected chi connectivity index (χ1v) is 16.8. The Morgan fingerprint density at radius 2 is 1.78 bits per heavy atom. The van der Waals surface area contributed by atoms with Crippen LogP contribution in [0.2, 0.25) is 0 Å². The third kappa shape index (κ3) is 6.53. The fourth-order valence-electron chi connectivity index (χ4n) is 9.08. The molecule has 2 heteroatoms. The first-order chi connectivity index (χ1) is 19.5. The van der Waals surface area contributed by atoms with Gasteiger partial charge in [0.1, 0.15) is 0 Å². The molecule has 0 aromatic heterocycles. The highest BCUT2D eigenvalue weighted by Gasteiger charge is 2.53. The van der Waals surface area contributed by atoms with E-state index in [1.54, 1.807) is 0 Å². The second-order valence-electron chi connectivity index (χ2n) is 14.6. The highest BCUT2D eigenvalue weighted by Crippen LogP contribution is 2.60. The van der Waals surface area contributed by atoms with Crippen LogP contribution in [0.5, 0.6) is 0 Å². The van der Waals surface area contributed by atoms with Gasteiger partial charge >= 0.3 is 0 Å². The van der Waals surface area contributed by atoms with Crippen molar-refractivity contribution >= 4 is 5.78 Å². The summed E-state index contributed by atoms with van der Waals surface area (Å²) in [6, 6.07) is 0.00610. The van der Waals surface area contributed by atoms with Crippen molar-refractivity contribution in [2.24, 2.45) is 34.0 Å². The van der Waals surface area contributed by atoms with Gasteiger partial charge in [0, 0.05) is 17.4 Å². The first kappa shape index (κ1) is 32.0. The van der Waals surface area contributed by atoms with Gasteiger partial charge in [-0.05, 0) is 113 Å². The van der Waals surface area contributed by atoms with Crippen molar-refractivity contribution in [2.75, 3.05) is 6.54 Å². The zero-order valence-corrected chi connectivity index (χ0v) is 27.1. The van der Waals surface area contributed by atoms with Gasteiger partial charge < -0.3 is 5.32 Å². The lowest BCUT2D eigenvalue weighted by atomic mass is 9.56. The smallest absolute Gasteiger partial charge is 0.155 e. The van der Waals surface area contributed by atoms with E-state index in [1.807, 2.05) is 6.08 Å². The minimum absolute atomic E-state index is 0.00610. The number of nitrogens with one attached hydrogen (secondary N) is 1.